The van der Waals surface area contributed by atoms with Crippen molar-refractivity contribution in [2.45, 2.75) is 19.4 Å². The van der Waals surface area contributed by atoms with Crippen LogP contribution in [0.5, 0.6) is 0 Å². The minimum Gasteiger partial charge on any atom is -0.346 e. The Labute approximate surface area is 82.5 Å². The summed E-state index contributed by atoms with van der Waals surface area (Å²) < 4.78 is 0. The van der Waals surface area contributed by atoms with Crippen molar-refractivity contribution in [3.05, 3.63) is 12.2 Å². The second-order valence-electron chi connectivity index (χ2n) is 3.01. The maximum atomic E-state index is 11.3. The quantitative estimate of drug-likeness (QED) is 0.599. The van der Waals surface area contributed by atoms with Crippen LogP contribution in [0.4, 0.5) is 0 Å². The second kappa shape index (κ2) is 5.33. The first-order valence-electron chi connectivity index (χ1n) is 4.53. The molecule has 6 nitrogen and oxygen atoms in total. The lowest BCUT2D eigenvalue weighted by Gasteiger charge is -2.10. The van der Waals surface area contributed by atoms with Gasteiger partial charge in [-0.15, -0.1) is 0 Å². The van der Waals surface area contributed by atoms with Crippen LogP contribution in [0.2, 0.25) is 0 Å². The Bertz CT molecular complexity index is 271. The van der Waals surface area contributed by atoms with E-state index in [4.69, 9.17) is 0 Å². The van der Waals surface area contributed by atoms with Crippen molar-refractivity contribution in [3.63, 3.8) is 0 Å². The molecule has 1 rings (SSSR count). The molecule has 1 aromatic rings. The number of carbonyl (C=O) groups is 1. The van der Waals surface area contributed by atoms with Crippen molar-refractivity contribution in [1.29, 1.82) is 0 Å². The Morgan fingerprint density at radius 3 is 3.07 bits per heavy atom. The van der Waals surface area contributed by atoms with Crippen molar-refractivity contribution in [3.8, 4) is 0 Å². The Hall–Kier alpha value is -1.43. The van der Waals surface area contributed by atoms with E-state index in [0.717, 1.165) is 0 Å². The summed E-state index contributed by atoms with van der Waals surface area (Å²) >= 11 is 0. The van der Waals surface area contributed by atoms with E-state index in [1.807, 2.05) is 14.0 Å². The molecule has 0 saturated heterocycles. The van der Waals surface area contributed by atoms with Crippen LogP contribution in [-0.4, -0.2) is 34.7 Å². The number of hydrogen-bond acceptors (Lipinski definition) is 4. The monoisotopic (exact) mass is 197 g/mol. The average molecular weight is 197 g/mol. The largest absolute Gasteiger partial charge is 0.346 e. The van der Waals surface area contributed by atoms with E-state index in [-0.39, 0.29) is 11.9 Å². The summed E-state index contributed by atoms with van der Waals surface area (Å²) in [5.41, 5.74) is 0. The van der Waals surface area contributed by atoms with Crippen LogP contribution in [0.3, 0.4) is 0 Å². The molecule has 0 aliphatic carbocycles. The molecule has 0 aliphatic heterocycles. The van der Waals surface area contributed by atoms with Crippen LogP contribution in [-0.2, 0) is 4.79 Å². The summed E-state index contributed by atoms with van der Waals surface area (Å²) in [5.74, 6) is 0.672. The Morgan fingerprint density at radius 2 is 2.50 bits per heavy atom. The third kappa shape index (κ3) is 3.14. The van der Waals surface area contributed by atoms with Crippen LogP contribution in [0, 0.1) is 0 Å². The van der Waals surface area contributed by atoms with E-state index >= 15 is 0 Å². The van der Waals surface area contributed by atoms with Crippen molar-refractivity contribution >= 4 is 5.91 Å². The lowest BCUT2D eigenvalue weighted by molar-refractivity contribution is -0.121. The number of nitrogens with zero attached hydrogens (tertiary/aromatic N) is 2. The fourth-order valence-electron chi connectivity index (χ4n) is 1.04. The third-order valence-electron chi connectivity index (χ3n) is 1.82. The molecule has 0 saturated carbocycles. The minimum absolute atomic E-state index is 0.00301. The summed E-state index contributed by atoms with van der Waals surface area (Å²) in [6.45, 7) is 2.53. The van der Waals surface area contributed by atoms with Gasteiger partial charge in [0.15, 0.2) is 0 Å². The van der Waals surface area contributed by atoms with Crippen LogP contribution in [0.1, 0.15) is 25.2 Å². The summed E-state index contributed by atoms with van der Waals surface area (Å²) in [4.78, 5) is 15.2. The van der Waals surface area contributed by atoms with Gasteiger partial charge in [0, 0.05) is 13.0 Å². The molecule has 0 fully saturated rings. The van der Waals surface area contributed by atoms with Crippen molar-refractivity contribution in [2.75, 3.05) is 13.6 Å². The van der Waals surface area contributed by atoms with E-state index in [0.29, 0.717) is 18.8 Å². The van der Waals surface area contributed by atoms with Gasteiger partial charge in [-0.3, -0.25) is 9.89 Å². The predicted octanol–water partition coefficient (Wildman–Crippen LogP) is -0.409. The number of aromatic nitrogens is 3. The SMILES string of the molecule is CNCCC(=O)NC(C)c1ncn[nH]1. The standard InChI is InChI=1S/C8H15N5O/c1-6(8-10-5-11-13-8)12-7(14)3-4-9-2/h5-6,9H,3-4H2,1-2H3,(H,12,14)(H,10,11,13). The Morgan fingerprint density at radius 1 is 1.71 bits per heavy atom. The fraction of sp³-hybridized carbons (Fsp3) is 0.625. The van der Waals surface area contributed by atoms with Gasteiger partial charge >= 0.3 is 0 Å². The number of nitrogens with one attached hydrogen (secondary N) is 3. The first-order chi connectivity index (χ1) is 6.74. The highest BCUT2D eigenvalue weighted by Gasteiger charge is 2.10. The molecule has 1 heterocycles. The van der Waals surface area contributed by atoms with E-state index in [9.17, 15) is 4.79 Å². The van der Waals surface area contributed by atoms with Gasteiger partial charge in [0.25, 0.3) is 0 Å². The number of carbonyl (C=O) groups excluding carboxylic acids is 1. The van der Waals surface area contributed by atoms with Crippen LogP contribution in [0.25, 0.3) is 0 Å². The van der Waals surface area contributed by atoms with Crippen molar-refractivity contribution in [2.24, 2.45) is 0 Å². The predicted molar refractivity (Wildman–Crippen MR) is 51.5 cm³/mol. The zero-order valence-electron chi connectivity index (χ0n) is 8.37. The third-order valence-corrected chi connectivity index (χ3v) is 1.82. The Kier molecular flexibility index (Phi) is 4.06. The summed E-state index contributed by atoms with van der Waals surface area (Å²) in [6.07, 6.45) is 1.89. The summed E-state index contributed by atoms with van der Waals surface area (Å²) in [7, 11) is 1.81. The first-order valence-corrected chi connectivity index (χ1v) is 4.53. The molecular weight excluding hydrogens is 182 g/mol. The van der Waals surface area contributed by atoms with Gasteiger partial charge in [0.2, 0.25) is 5.91 Å². The van der Waals surface area contributed by atoms with Gasteiger partial charge in [0.1, 0.15) is 12.2 Å². The van der Waals surface area contributed by atoms with Gasteiger partial charge in [-0.25, -0.2) is 4.98 Å². The number of rotatable bonds is 5. The maximum absolute atomic E-state index is 11.3. The molecule has 1 atom stereocenters. The van der Waals surface area contributed by atoms with Crippen LogP contribution >= 0.6 is 0 Å². The van der Waals surface area contributed by atoms with Crippen molar-refractivity contribution < 1.29 is 4.79 Å². The van der Waals surface area contributed by atoms with Gasteiger partial charge in [-0.2, -0.15) is 5.10 Å². The van der Waals surface area contributed by atoms with Gasteiger partial charge in [-0.05, 0) is 14.0 Å². The highest BCUT2D eigenvalue weighted by molar-refractivity contribution is 5.76. The maximum Gasteiger partial charge on any atom is 0.221 e. The number of aromatic amines is 1. The summed E-state index contributed by atoms with van der Waals surface area (Å²) in [6, 6.07) is -0.123. The van der Waals surface area contributed by atoms with Crippen LogP contribution < -0.4 is 10.6 Å². The highest BCUT2D eigenvalue weighted by Crippen LogP contribution is 2.03. The van der Waals surface area contributed by atoms with Gasteiger partial charge in [0.05, 0.1) is 6.04 Å². The van der Waals surface area contributed by atoms with Crippen LogP contribution in [0.15, 0.2) is 6.33 Å². The molecule has 0 spiro atoms. The van der Waals surface area contributed by atoms with E-state index in [2.05, 4.69) is 25.8 Å². The molecule has 3 N–H and O–H groups in total. The van der Waals surface area contributed by atoms with Gasteiger partial charge in [-0.1, -0.05) is 0 Å². The molecule has 1 unspecified atom stereocenters. The van der Waals surface area contributed by atoms with E-state index in [1.54, 1.807) is 0 Å². The molecular formula is C8H15N5O. The molecule has 6 heteroatoms. The minimum atomic E-state index is -0.123. The molecule has 0 aromatic carbocycles. The fourth-order valence-corrected chi connectivity index (χ4v) is 1.04. The topological polar surface area (TPSA) is 82.7 Å². The van der Waals surface area contributed by atoms with E-state index in [1.165, 1.54) is 6.33 Å². The number of hydrogen-bond donors (Lipinski definition) is 3. The lowest BCUT2D eigenvalue weighted by atomic mass is 10.3. The molecule has 1 amide bonds. The van der Waals surface area contributed by atoms with Gasteiger partial charge < -0.3 is 10.6 Å². The highest BCUT2D eigenvalue weighted by atomic mass is 16.1. The first kappa shape index (κ1) is 10.6. The smallest absolute Gasteiger partial charge is 0.221 e. The lowest BCUT2D eigenvalue weighted by Crippen LogP contribution is -2.29. The Balaban J connectivity index is 2.33. The molecule has 0 radical (unpaired) electrons. The normalized spacial score (nSPS) is 12.4. The molecule has 0 bridgehead atoms. The average Bonchev–Trinajstić information content (AvgIpc) is 2.67. The number of H-pyrrole nitrogens is 1. The second-order valence-corrected chi connectivity index (χ2v) is 3.01. The zero-order valence-corrected chi connectivity index (χ0v) is 8.37. The van der Waals surface area contributed by atoms with Crippen molar-refractivity contribution in [1.82, 2.24) is 25.8 Å². The zero-order chi connectivity index (χ0) is 10.4. The number of amides is 1. The summed E-state index contributed by atoms with van der Waals surface area (Å²) in [5, 5.41) is 12.1. The van der Waals surface area contributed by atoms with E-state index < -0.39 is 0 Å². The molecule has 14 heavy (non-hydrogen) atoms. The molecule has 78 valence electrons. The molecule has 0 aliphatic rings. The molecule has 1 aromatic heterocycles.